The van der Waals surface area contributed by atoms with E-state index in [9.17, 15) is 4.79 Å². The first kappa shape index (κ1) is 13.5. The van der Waals surface area contributed by atoms with Gasteiger partial charge in [-0.25, -0.2) is 0 Å². The molecule has 0 spiro atoms. The van der Waals surface area contributed by atoms with Crippen LogP contribution in [0.3, 0.4) is 0 Å². The Bertz CT molecular complexity index is 679. The molecular formula is C17H20N4O. The van der Waals surface area contributed by atoms with Gasteiger partial charge in [-0.15, -0.1) is 0 Å². The predicted molar refractivity (Wildman–Crippen MR) is 82.4 cm³/mol. The fourth-order valence-electron chi connectivity index (χ4n) is 3.64. The molecule has 5 nitrogen and oxygen atoms in total. The molecule has 5 heteroatoms. The summed E-state index contributed by atoms with van der Waals surface area (Å²) >= 11 is 0. The molecule has 1 fully saturated rings. The number of pyridine rings is 1. The lowest BCUT2D eigenvalue weighted by Crippen LogP contribution is -2.31. The Kier molecular flexibility index (Phi) is 3.41. The van der Waals surface area contributed by atoms with Crippen molar-refractivity contribution >= 4 is 5.91 Å². The fourth-order valence-corrected chi connectivity index (χ4v) is 3.64. The number of fused-ring (bicyclic) bond motifs is 1. The fraction of sp³-hybridized carbons (Fsp3) is 0.471. The quantitative estimate of drug-likeness (QED) is 0.856. The number of carbonyl (C=O) groups excluding carboxylic acids is 1. The highest BCUT2D eigenvalue weighted by atomic mass is 16.2. The molecule has 1 saturated heterocycles. The minimum absolute atomic E-state index is 0.104. The maximum Gasteiger partial charge on any atom is 0.257 e. The summed E-state index contributed by atoms with van der Waals surface area (Å²) in [6, 6.07) is 6.03. The molecule has 2 aliphatic heterocycles. The molecule has 0 N–H and O–H groups in total. The van der Waals surface area contributed by atoms with Gasteiger partial charge in [0, 0.05) is 19.3 Å². The number of likely N-dealkylation sites (tertiary alicyclic amines) is 1. The second-order valence-corrected chi connectivity index (χ2v) is 6.10. The minimum Gasteiger partial charge on any atom is -0.330 e. The van der Waals surface area contributed by atoms with Crippen molar-refractivity contribution in [1.29, 1.82) is 0 Å². The highest BCUT2D eigenvalue weighted by molar-refractivity contribution is 5.95. The summed E-state index contributed by atoms with van der Waals surface area (Å²) in [5.74, 6) is 0.122. The summed E-state index contributed by atoms with van der Waals surface area (Å²) in [7, 11) is 0. The average Bonchev–Trinajstić information content (AvgIpc) is 3.22. The highest BCUT2D eigenvalue weighted by Crippen LogP contribution is 2.32. The molecule has 0 radical (unpaired) electrons. The third-order valence-electron chi connectivity index (χ3n) is 4.76. The van der Waals surface area contributed by atoms with E-state index in [0.717, 1.165) is 62.1 Å². The normalized spacial score (nSPS) is 20.9. The van der Waals surface area contributed by atoms with Crippen LogP contribution in [0.5, 0.6) is 0 Å². The molecule has 4 rings (SSSR count). The Morgan fingerprint density at radius 3 is 3.00 bits per heavy atom. The van der Waals surface area contributed by atoms with E-state index >= 15 is 0 Å². The molecule has 0 bridgehead atoms. The van der Waals surface area contributed by atoms with Crippen molar-refractivity contribution in [3.05, 3.63) is 47.5 Å². The first-order chi connectivity index (χ1) is 10.8. The van der Waals surface area contributed by atoms with Crippen LogP contribution < -0.4 is 0 Å². The molecule has 1 amide bonds. The predicted octanol–water partition coefficient (Wildman–Crippen LogP) is 2.59. The Labute approximate surface area is 130 Å². The summed E-state index contributed by atoms with van der Waals surface area (Å²) < 4.78 is 2.00. The summed E-state index contributed by atoms with van der Waals surface area (Å²) in [4.78, 5) is 19.4. The van der Waals surface area contributed by atoms with E-state index in [2.05, 4.69) is 10.1 Å². The van der Waals surface area contributed by atoms with Crippen LogP contribution >= 0.6 is 0 Å². The van der Waals surface area contributed by atoms with E-state index in [1.54, 1.807) is 12.4 Å². The van der Waals surface area contributed by atoms with Crippen molar-refractivity contribution in [2.24, 2.45) is 0 Å². The van der Waals surface area contributed by atoms with Gasteiger partial charge in [0.15, 0.2) is 0 Å². The molecule has 4 heterocycles. The third kappa shape index (κ3) is 2.21. The van der Waals surface area contributed by atoms with E-state index in [1.165, 1.54) is 0 Å². The van der Waals surface area contributed by atoms with Gasteiger partial charge in [-0.1, -0.05) is 6.07 Å². The third-order valence-corrected chi connectivity index (χ3v) is 4.76. The number of hydrogen-bond acceptors (Lipinski definition) is 3. The van der Waals surface area contributed by atoms with Gasteiger partial charge >= 0.3 is 0 Å². The average molecular weight is 296 g/mol. The molecule has 114 valence electrons. The van der Waals surface area contributed by atoms with Gasteiger partial charge in [0.2, 0.25) is 0 Å². The van der Waals surface area contributed by atoms with E-state index in [1.807, 2.05) is 27.8 Å². The zero-order valence-corrected chi connectivity index (χ0v) is 12.6. The Morgan fingerprint density at radius 1 is 1.18 bits per heavy atom. The summed E-state index contributed by atoms with van der Waals surface area (Å²) in [5, 5.41) is 4.40. The Morgan fingerprint density at radius 2 is 2.14 bits per heavy atom. The molecule has 0 saturated carbocycles. The second-order valence-electron chi connectivity index (χ2n) is 6.10. The molecule has 1 unspecified atom stereocenters. The standard InChI is InChI=1S/C17H20N4O/c22-17(13-12-19-21-11-4-2-7-15(13)21)20-10-5-8-16(20)14-6-1-3-9-18-14/h1,3,6,9,12,16H,2,4-5,7-8,10-11H2. The van der Waals surface area contributed by atoms with Crippen LogP contribution in [0.2, 0.25) is 0 Å². The van der Waals surface area contributed by atoms with Gasteiger partial charge < -0.3 is 4.90 Å². The molecule has 0 aromatic carbocycles. The summed E-state index contributed by atoms with van der Waals surface area (Å²) in [6.07, 6.45) is 8.86. The number of carbonyl (C=O) groups is 1. The number of amides is 1. The van der Waals surface area contributed by atoms with Gasteiger partial charge in [0.1, 0.15) is 0 Å². The van der Waals surface area contributed by atoms with Crippen molar-refractivity contribution in [2.75, 3.05) is 6.54 Å². The zero-order chi connectivity index (χ0) is 14.9. The first-order valence-electron chi connectivity index (χ1n) is 8.11. The van der Waals surface area contributed by atoms with Crippen LogP contribution in [0, 0.1) is 0 Å². The second kappa shape index (κ2) is 5.55. The zero-order valence-electron chi connectivity index (χ0n) is 12.6. The van der Waals surface area contributed by atoms with Crippen molar-refractivity contribution in [2.45, 2.75) is 44.7 Å². The number of aromatic nitrogens is 3. The Hall–Kier alpha value is -2.17. The molecule has 2 aliphatic rings. The lowest BCUT2D eigenvalue weighted by atomic mass is 10.1. The Balaban J connectivity index is 1.63. The van der Waals surface area contributed by atoms with Crippen molar-refractivity contribution in [3.8, 4) is 0 Å². The van der Waals surface area contributed by atoms with Gasteiger partial charge in [-0.3, -0.25) is 14.5 Å². The smallest absolute Gasteiger partial charge is 0.257 e. The van der Waals surface area contributed by atoms with Crippen molar-refractivity contribution < 1.29 is 4.79 Å². The lowest BCUT2D eigenvalue weighted by molar-refractivity contribution is 0.0731. The monoisotopic (exact) mass is 296 g/mol. The van der Waals surface area contributed by atoms with Crippen LogP contribution in [-0.4, -0.2) is 32.1 Å². The van der Waals surface area contributed by atoms with Crippen LogP contribution in [0.15, 0.2) is 30.6 Å². The van der Waals surface area contributed by atoms with Gasteiger partial charge in [-0.2, -0.15) is 5.10 Å². The maximum atomic E-state index is 13.0. The molecule has 0 aliphatic carbocycles. The van der Waals surface area contributed by atoms with Crippen LogP contribution in [0.4, 0.5) is 0 Å². The highest BCUT2D eigenvalue weighted by Gasteiger charge is 2.33. The first-order valence-corrected chi connectivity index (χ1v) is 8.11. The topological polar surface area (TPSA) is 51.0 Å². The van der Waals surface area contributed by atoms with E-state index < -0.39 is 0 Å². The molecule has 2 aromatic rings. The van der Waals surface area contributed by atoms with Crippen molar-refractivity contribution in [3.63, 3.8) is 0 Å². The number of aryl methyl sites for hydroxylation is 1. The number of rotatable bonds is 2. The molecule has 1 atom stereocenters. The van der Waals surface area contributed by atoms with Gasteiger partial charge in [0.25, 0.3) is 5.91 Å². The van der Waals surface area contributed by atoms with Crippen LogP contribution in [0.25, 0.3) is 0 Å². The lowest BCUT2D eigenvalue weighted by Gasteiger charge is -2.25. The maximum absolute atomic E-state index is 13.0. The van der Waals surface area contributed by atoms with E-state index in [0.29, 0.717) is 0 Å². The largest absolute Gasteiger partial charge is 0.330 e. The van der Waals surface area contributed by atoms with Crippen molar-refractivity contribution in [1.82, 2.24) is 19.7 Å². The number of hydrogen-bond donors (Lipinski definition) is 0. The molecular weight excluding hydrogens is 276 g/mol. The van der Waals surface area contributed by atoms with Crippen LogP contribution in [0.1, 0.15) is 53.5 Å². The van der Waals surface area contributed by atoms with E-state index in [4.69, 9.17) is 0 Å². The SMILES string of the molecule is O=C(c1cnn2c1CCCC2)N1CCCC1c1ccccn1. The number of nitrogens with zero attached hydrogens (tertiary/aromatic N) is 4. The summed E-state index contributed by atoms with van der Waals surface area (Å²) in [6.45, 7) is 1.75. The van der Waals surface area contributed by atoms with Gasteiger partial charge in [0.05, 0.1) is 29.2 Å². The van der Waals surface area contributed by atoms with Crippen LogP contribution in [-0.2, 0) is 13.0 Å². The molecule has 22 heavy (non-hydrogen) atoms. The minimum atomic E-state index is 0.104. The van der Waals surface area contributed by atoms with E-state index in [-0.39, 0.29) is 11.9 Å². The molecule has 2 aromatic heterocycles. The van der Waals surface area contributed by atoms with Gasteiger partial charge in [-0.05, 0) is 44.2 Å². The summed E-state index contributed by atoms with van der Waals surface area (Å²) in [5.41, 5.74) is 2.90.